The summed E-state index contributed by atoms with van der Waals surface area (Å²) >= 11 is 0. The summed E-state index contributed by atoms with van der Waals surface area (Å²) < 4.78 is 0. The molecular formula is C25H46BrN. The lowest BCUT2D eigenvalue weighted by Crippen LogP contribution is -2.18. The molecule has 1 aromatic carbocycles. The van der Waals surface area contributed by atoms with E-state index < -0.39 is 0 Å². The van der Waals surface area contributed by atoms with E-state index in [1.807, 2.05) is 0 Å². The Morgan fingerprint density at radius 3 is 1.44 bits per heavy atom. The molecular weight excluding hydrogens is 394 g/mol. The zero-order valence-corrected chi connectivity index (χ0v) is 20.0. The molecule has 0 spiro atoms. The van der Waals surface area contributed by atoms with Crippen LogP contribution < -0.4 is 0 Å². The predicted molar refractivity (Wildman–Crippen MR) is 128 cm³/mol. The van der Waals surface area contributed by atoms with Crippen LogP contribution in [0.15, 0.2) is 30.3 Å². The topological polar surface area (TPSA) is 3.24 Å². The quantitative estimate of drug-likeness (QED) is 0.207. The molecule has 1 rings (SSSR count). The Balaban J connectivity index is 0.00000676. The van der Waals surface area contributed by atoms with Gasteiger partial charge in [-0.2, -0.15) is 0 Å². The van der Waals surface area contributed by atoms with Crippen molar-refractivity contribution < 1.29 is 0 Å². The average Bonchev–Trinajstić information content (AvgIpc) is 2.65. The van der Waals surface area contributed by atoms with E-state index in [2.05, 4.69) is 49.2 Å². The number of unbranched alkanes of at least 4 members (excludes halogenated alkanes) is 14. The first kappa shape index (κ1) is 26.7. The van der Waals surface area contributed by atoms with Gasteiger partial charge in [-0.3, -0.25) is 0 Å². The standard InChI is InChI=1S/C25H45N.BrH/c1-3-4-5-6-7-8-9-10-11-12-13-14-15-16-20-23-26(2)24-25-21-18-17-19-22-25;/h17-19,21-22H,3-16,20,23-24H2,1-2H3;1H. The van der Waals surface area contributed by atoms with E-state index in [9.17, 15) is 0 Å². The van der Waals surface area contributed by atoms with Crippen molar-refractivity contribution in [1.29, 1.82) is 0 Å². The van der Waals surface area contributed by atoms with Gasteiger partial charge in [0.15, 0.2) is 0 Å². The Hall–Kier alpha value is -0.340. The first-order chi connectivity index (χ1) is 12.8. The molecule has 0 radical (unpaired) electrons. The van der Waals surface area contributed by atoms with Crippen LogP contribution in [0.5, 0.6) is 0 Å². The van der Waals surface area contributed by atoms with Gasteiger partial charge >= 0.3 is 0 Å². The summed E-state index contributed by atoms with van der Waals surface area (Å²) in [7, 11) is 2.25. The maximum Gasteiger partial charge on any atom is 0.0230 e. The molecule has 2 heteroatoms. The van der Waals surface area contributed by atoms with Crippen molar-refractivity contribution in [3.8, 4) is 0 Å². The number of hydrogen-bond acceptors (Lipinski definition) is 1. The second-order valence-electron chi connectivity index (χ2n) is 8.17. The van der Waals surface area contributed by atoms with Gasteiger partial charge in [-0.1, -0.05) is 127 Å². The predicted octanol–water partition coefficient (Wildman–Crippen LogP) is 8.57. The third-order valence-corrected chi connectivity index (χ3v) is 5.44. The first-order valence-corrected chi connectivity index (χ1v) is 11.6. The maximum atomic E-state index is 2.46. The van der Waals surface area contributed by atoms with Crippen LogP contribution in [-0.2, 0) is 6.54 Å². The molecule has 0 saturated heterocycles. The fourth-order valence-corrected chi connectivity index (χ4v) is 3.73. The van der Waals surface area contributed by atoms with Crippen molar-refractivity contribution >= 4 is 17.0 Å². The van der Waals surface area contributed by atoms with E-state index in [0.717, 1.165) is 6.54 Å². The molecule has 0 aliphatic rings. The highest BCUT2D eigenvalue weighted by atomic mass is 79.9. The molecule has 0 heterocycles. The van der Waals surface area contributed by atoms with Crippen molar-refractivity contribution in [2.75, 3.05) is 13.6 Å². The fraction of sp³-hybridized carbons (Fsp3) is 0.760. The van der Waals surface area contributed by atoms with Crippen LogP contribution in [-0.4, -0.2) is 18.5 Å². The number of nitrogens with zero attached hydrogens (tertiary/aromatic N) is 1. The number of rotatable bonds is 18. The molecule has 1 nitrogen and oxygen atoms in total. The van der Waals surface area contributed by atoms with Gasteiger partial charge < -0.3 is 4.90 Å². The van der Waals surface area contributed by atoms with E-state index in [-0.39, 0.29) is 17.0 Å². The first-order valence-electron chi connectivity index (χ1n) is 11.6. The van der Waals surface area contributed by atoms with E-state index in [0.29, 0.717) is 0 Å². The second kappa shape index (κ2) is 20.4. The molecule has 0 saturated carbocycles. The number of hydrogen-bond donors (Lipinski definition) is 0. The van der Waals surface area contributed by atoms with E-state index >= 15 is 0 Å². The summed E-state index contributed by atoms with van der Waals surface area (Å²) in [6, 6.07) is 10.8. The van der Waals surface area contributed by atoms with E-state index in [4.69, 9.17) is 0 Å². The summed E-state index contributed by atoms with van der Waals surface area (Å²) in [5.41, 5.74) is 1.43. The van der Waals surface area contributed by atoms with Crippen LogP contribution in [0.3, 0.4) is 0 Å². The van der Waals surface area contributed by atoms with Crippen LogP contribution in [0.2, 0.25) is 0 Å². The molecule has 0 aliphatic carbocycles. The van der Waals surface area contributed by atoms with Gasteiger partial charge in [0.25, 0.3) is 0 Å². The Morgan fingerprint density at radius 2 is 1.00 bits per heavy atom. The third-order valence-electron chi connectivity index (χ3n) is 5.44. The van der Waals surface area contributed by atoms with Crippen molar-refractivity contribution in [3.63, 3.8) is 0 Å². The van der Waals surface area contributed by atoms with Crippen molar-refractivity contribution in [1.82, 2.24) is 4.90 Å². The lowest BCUT2D eigenvalue weighted by molar-refractivity contribution is 0.316. The van der Waals surface area contributed by atoms with Gasteiger partial charge in [-0.05, 0) is 25.6 Å². The van der Waals surface area contributed by atoms with Gasteiger partial charge in [0.2, 0.25) is 0 Å². The van der Waals surface area contributed by atoms with Gasteiger partial charge in [0.05, 0.1) is 0 Å². The zero-order valence-electron chi connectivity index (χ0n) is 18.3. The van der Waals surface area contributed by atoms with Gasteiger partial charge in [-0.25, -0.2) is 0 Å². The van der Waals surface area contributed by atoms with Crippen LogP contribution in [0.4, 0.5) is 0 Å². The van der Waals surface area contributed by atoms with Crippen LogP contribution >= 0.6 is 17.0 Å². The molecule has 27 heavy (non-hydrogen) atoms. The summed E-state index contributed by atoms with van der Waals surface area (Å²) in [5.74, 6) is 0. The monoisotopic (exact) mass is 439 g/mol. The smallest absolute Gasteiger partial charge is 0.0230 e. The summed E-state index contributed by atoms with van der Waals surface area (Å²) in [6.45, 7) is 4.61. The molecule has 158 valence electrons. The van der Waals surface area contributed by atoms with Crippen molar-refractivity contribution in [3.05, 3.63) is 35.9 Å². The minimum atomic E-state index is 0. The molecule has 0 N–H and O–H groups in total. The normalized spacial score (nSPS) is 10.9. The molecule has 1 aromatic rings. The minimum absolute atomic E-state index is 0. The highest BCUT2D eigenvalue weighted by molar-refractivity contribution is 8.93. The molecule has 0 aliphatic heterocycles. The number of halogens is 1. The highest BCUT2D eigenvalue weighted by Crippen LogP contribution is 2.13. The van der Waals surface area contributed by atoms with Crippen molar-refractivity contribution in [2.24, 2.45) is 0 Å². The summed E-state index contributed by atoms with van der Waals surface area (Å²) in [6.07, 6.45) is 21.6. The molecule has 0 amide bonds. The van der Waals surface area contributed by atoms with E-state index in [1.54, 1.807) is 0 Å². The minimum Gasteiger partial charge on any atom is -0.302 e. The second-order valence-corrected chi connectivity index (χ2v) is 8.17. The van der Waals surface area contributed by atoms with Gasteiger partial charge in [0.1, 0.15) is 0 Å². The Labute approximate surface area is 181 Å². The third kappa shape index (κ3) is 17.5. The Kier molecular flexibility index (Phi) is 20.1. The highest BCUT2D eigenvalue weighted by Gasteiger charge is 2.00. The largest absolute Gasteiger partial charge is 0.302 e. The van der Waals surface area contributed by atoms with Gasteiger partial charge in [0, 0.05) is 6.54 Å². The SMILES string of the molecule is Br.CCCCCCCCCCCCCCCCCN(C)Cc1ccccc1. The Morgan fingerprint density at radius 1 is 0.593 bits per heavy atom. The molecule has 0 unspecified atom stereocenters. The molecule has 0 aromatic heterocycles. The zero-order chi connectivity index (χ0) is 18.7. The van der Waals surface area contributed by atoms with Crippen LogP contribution in [0, 0.1) is 0 Å². The Bertz CT molecular complexity index is 393. The molecule has 0 fully saturated rings. The average molecular weight is 441 g/mol. The van der Waals surface area contributed by atoms with E-state index in [1.165, 1.54) is 108 Å². The van der Waals surface area contributed by atoms with Crippen molar-refractivity contribution in [2.45, 2.75) is 110 Å². The maximum absolute atomic E-state index is 2.46. The summed E-state index contributed by atoms with van der Waals surface area (Å²) in [4.78, 5) is 2.46. The molecule has 0 atom stereocenters. The van der Waals surface area contributed by atoms with Crippen LogP contribution in [0.1, 0.15) is 109 Å². The molecule has 0 bridgehead atoms. The lowest BCUT2D eigenvalue weighted by Gasteiger charge is -2.16. The van der Waals surface area contributed by atoms with Gasteiger partial charge in [-0.15, -0.1) is 17.0 Å². The number of benzene rings is 1. The fourth-order valence-electron chi connectivity index (χ4n) is 3.73. The summed E-state index contributed by atoms with van der Waals surface area (Å²) in [5, 5.41) is 0. The lowest BCUT2D eigenvalue weighted by atomic mass is 10.0. The van der Waals surface area contributed by atoms with Crippen LogP contribution in [0.25, 0.3) is 0 Å².